The SMILES string of the molecule is Cc1ccc2nc(SCc3ccc(C(C)(C)C)cc3)nc(=O)n2c1. The molecule has 5 heteroatoms. The third kappa shape index (κ3) is 3.67. The number of hydrogen-bond donors (Lipinski definition) is 0. The number of nitrogens with zero attached hydrogens (tertiary/aromatic N) is 3. The van der Waals surface area contributed by atoms with Gasteiger partial charge in [0.1, 0.15) is 5.65 Å². The summed E-state index contributed by atoms with van der Waals surface area (Å²) in [4.78, 5) is 20.7. The molecule has 0 bridgehead atoms. The first kappa shape index (κ1) is 16.7. The van der Waals surface area contributed by atoms with Crippen molar-refractivity contribution in [2.24, 2.45) is 0 Å². The van der Waals surface area contributed by atoms with Crippen molar-refractivity contribution < 1.29 is 0 Å². The van der Waals surface area contributed by atoms with E-state index >= 15 is 0 Å². The molecule has 2 heterocycles. The van der Waals surface area contributed by atoms with Crippen molar-refractivity contribution in [3.8, 4) is 0 Å². The zero-order valence-corrected chi connectivity index (χ0v) is 15.2. The Hall–Kier alpha value is -2.14. The van der Waals surface area contributed by atoms with E-state index in [9.17, 15) is 4.79 Å². The highest BCUT2D eigenvalue weighted by Crippen LogP contribution is 2.24. The minimum absolute atomic E-state index is 0.153. The normalized spacial score (nSPS) is 11.8. The standard InChI is InChI=1S/C19H21N3OS/c1-13-5-10-16-20-17(21-18(23)22(16)11-13)24-12-14-6-8-15(9-7-14)19(2,3)4/h5-11H,12H2,1-4H3. The topological polar surface area (TPSA) is 47.3 Å². The number of rotatable bonds is 3. The first-order valence-corrected chi connectivity index (χ1v) is 8.91. The average molecular weight is 339 g/mol. The first-order valence-electron chi connectivity index (χ1n) is 7.92. The third-order valence-corrected chi connectivity index (χ3v) is 4.79. The lowest BCUT2D eigenvalue weighted by atomic mass is 9.87. The van der Waals surface area contributed by atoms with Gasteiger partial charge in [0.25, 0.3) is 0 Å². The van der Waals surface area contributed by atoms with E-state index < -0.39 is 0 Å². The second kappa shape index (κ2) is 6.40. The summed E-state index contributed by atoms with van der Waals surface area (Å²) in [6.07, 6.45) is 1.76. The molecule has 0 aliphatic heterocycles. The van der Waals surface area contributed by atoms with Gasteiger partial charge in [0, 0.05) is 11.9 Å². The number of pyridine rings is 1. The minimum atomic E-state index is -0.283. The second-order valence-electron chi connectivity index (χ2n) is 6.96. The molecule has 0 saturated carbocycles. The lowest BCUT2D eigenvalue weighted by Gasteiger charge is -2.19. The van der Waals surface area contributed by atoms with E-state index in [1.165, 1.54) is 27.3 Å². The van der Waals surface area contributed by atoms with E-state index in [2.05, 4.69) is 55.0 Å². The monoisotopic (exact) mass is 339 g/mol. The molecule has 24 heavy (non-hydrogen) atoms. The van der Waals surface area contributed by atoms with Crippen molar-refractivity contribution in [1.29, 1.82) is 0 Å². The smallest absolute Gasteiger partial charge is 0.251 e. The number of hydrogen-bond acceptors (Lipinski definition) is 4. The molecule has 0 atom stereocenters. The van der Waals surface area contributed by atoms with E-state index in [1.807, 2.05) is 19.1 Å². The Morgan fingerprint density at radius 3 is 2.42 bits per heavy atom. The summed E-state index contributed by atoms with van der Waals surface area (Å²) in [6, 6.07) is 12.4. The highest BCUT2D eigenvalue weighted by atomic mass is 32.2. The predicted octanol–water partition coefficient (Wildman–Crippen LogP) is 3.99. The second-order valence-corrected chi connectivity index (χ2v) is 7.90. The van der Waals surface area contributed by atoms with Gasteiger partial charge in [-0.25, -0.2) is 9.78 Å². The van der Waals surface area contributed by atoms with E-state index in [1.54, 1.807) is 6.20 Å². The van der Waals surface area contributed by atoms with Crippen LogP contribution in [0.2, 0.25) is 0 Å². The van der Waals surface area contributed by atoms with Crippen molar-refractivity contribution in [1.82, 2.24) is 14.4 Å². The summed E-state index contributed by atoms with van der Waals surface area (Å²) < 4.78 is 1.48. The molecule has 0 amide bonds. The molecule has 2 aromatic heterocycles. The van der Waals surface area contributed by atoms with E-state index in [0.717, 1.165) is 11.3 Å². The number of fused-ring (bicyclic) bond motifs is 1. The Morgan fingerprint density at radius 2 is 1.75 bits per heavy atom. The lowest BCUT2D eigenvalue weighted by Crippen LogP contribution is -2.19. The summed E-state index contributed by atoms with van der Waals surface area (Å²) in [5.41, 5.74) is 4.01. The van der Waals surface area contributed by atoms with Crippen LogP contribution in [0.25, 0.3) is 5.65 Å². The molecule has 0 radical (unpaired) electrons. The Labute approximate surface area is 146 Å². The summed E-state index contributed by atoms with van der Waals surface area (Å²) in [5, 5.41) is 0.517. The molecular weight excluding hydrogens is 318 g/mol. The van der Waals surface area contributed by atoms with Crippen molar-refractivity contribution in [2.75, 3.05) is 0 Å². The van der Waals surface area contributed by atoms with Gasteiger partial charge in [0.2, 0.25) is 0 Å². The fourth-order valence-electron chi connectivity index (χ4n) is 2.42. The molecule has 0 aliphatic rings. The maximum atomic E-state index is 12.1. The average Bonchev–Trinajstić information content (AvgIpc) is 2.53. The van der Waals surface area contributed by atoms with Crippen LogP contribution in [0.5, 0.6) is 0 Å². The molecule has 0 aliphatic carbocycles. The zero-order chi connectivity index (χ0) is 17.3. The highest BCUT2D eigenvalue weighted by Gasteiger charge is 2.13. The third-order valence-electron chi connectivity index (χ3n) is 3.87. The predicted molar refractivity (Wildman–Crippen MR) is 98.7 cm³/mol. The van der Waals surface area contributed by atoms with Gasteiger partial charge in [-0.2, -0.15) is 4.98 Å². The molecule has 0 fully saturated rings. The Kier molecular flexibility index (Phi) is 4.45. The van der Waals surface area contributed by atoms with Gasteiger partial charge in [-0.15, -0.1) is 0 Å². The Balaban J connectivity index is 1.78. The molecule has 124 valence electrons. The highest BCUT2D eigenvalue weighted by molar-refractivity contribution is 7.98. The molecule has 3 aromatic rings. The molecule has 0 spiro atoms. The summed E-state index contributed by atoms with van der Waals surface area (Å²) in [7, 11) is 0. The van der Waals surface area contributed by atoms with E-state index in [-0.39, 0.29) is 11.1 Å². The van der Waals surface area contributed by atoms with Crippen LogP contribution in [0, 0.1) is 6.92 Å². The fraction of sp³-hybridized carbons (Fsp3) is 0.316. The largest absolute Gasteiger partial charge is 0.355 e. The quantitative estimate of drug-likeness (QED) is 0.677. The van der Waals surface area contributed by atoms with Crippen LogP contribution >= 0.6 is 11.8 Å². The number of benzene rings is 1. The summed E-state index contributed by atoms with van der Waals surface area (Å²) in [5.74, 6) is 0.742. The van der Waals surface area contributed by atoms with Crippen LogP contribution in [0.1, 0.15) is 37.5 Å². The van der Waals surface area contributed by atoms with E-state index in [0.29, 0.717) is 10.8 Å². The first-order chi connectivity index (χ1) is 11.3. The van der Waals surface area contributed by atoms with Crippen LogP contribution < -0.4 is 5.69 Å². The minimum Gasteiger partial charge on any atom is -0.251 e. The molecule has 0 unspecified atom stereocenters. The van der Waals surface area contributed by atoms with Gasteiger partial charge >= 0.3 is 5.69 Å². The molecule has 1 aromatic carbocycles. The van der Waals surface area contributed by atoms with Gasteiger partial charge in [-0.1, -0.05) is 62.9 Å². The maximum Gasteiger partial charge on any atom is 0.355 e. The van der Waals surface area contributed by atoms with Gasteiger partial charge in [-0.05, 0) is 35.1 Å². The number of aryl methyl sites for hydroxylation is 1. The van der Waals surface area contributed by atoms with Crippen molar-refractivity contribution >= 4 is 17.4 Å². The van der Waals surface area contributed by atoms with E-state index in [4.69, 9.17) is 0 Å². The van der Waals surface area contributed by atoms with Crippen molar-refractivity contribution in [3.63, 3.8) is 0 Å². The van der Waals surface area contributed by atoms with Gasteiger partial charge < -0.3 is 0 Å². The molecule has 0 N–H and O–H groups in total. The van der Waals surface area contributed by atoms with Gasteiger partial charge in [0.05, 0.1) is 0 Å². The zero-order valence-electron chi connectivity index (χ0n) is 14.4. The van der Waals surface area contributed by atoms with Gasteiger partial charge in [0.15, 0.2) is 5.16 Å². The molecule has 4 nitrogen and oxygen atoms in total. The summed E-state index contributed by atoms with van der Waals surface area (Å²) >= 11 is 1.48. The number of aromatic nitrogens is 3. The summed E-state index contributed by atoms with van der Waals surface area (Å²) in [6.45, 7) is 8.55. The fourth-order valence-corrected chi connectivity index (χ4v) is 3.20. The van der Waals surface area contributed by atoms with Crippen LogP contribution in [-0.4, -0.2) is 14.4 Å². The number of thioether (sulfide) groups is 1. The maximum absolute atomic E-state index is 12.1. The van der Waals surface area contributed by atoms with Crippen molar-refractivity contribution in [3.05, 3.63) is 69.8 Å². The van der Waals surface area contributed by atoms with Crippen LogP contribution in [0.15, 0.2) is 52.5 Å². The van der Waals surface area contributed by atoms with Crippen LogP contribution in [-0.2, 0) is 11.2 Å². The Morgan fingerprint density at radius 1 is 1.04 bits per heavy atom. The molecular formula is C19H21N3OS. The molecule has 0 saturated heterocycles. The Bertz CT molecular complexity index is 924. The lowest BCUT2D eigenvalue weighted by molar-refractivity contribution is 0.590. The van der Waals surface area contributed by atoms with Crippen molar-refractivity contribution in [2.45, 2.75) is 44.0 Å². The van der Waals surface area contributed by atoms with Crippen LogP contribution in [0.4, 0.5) is 0 Å². The molecule has 3 rings (SSSR count). The van der Waals surface area contributed by atoms with Gasteiger partial charge in [-0.3, -0.25) is 4.40 Å². The van der Waals surface area contributed by atoms with Crippen LogP contribution in [0.3, 0.4) is 0 Å².